The van der Waals surface area contributed by atoms with Crippen LogP contribution in [0, 0.1) is 13.8 Å². The fourth-order valence-corrected chi connectivity index (χ4v) is 3.34. The number of benzene rings is 1. The Kier molecular flexibility index (Phi) is 4.36. The van der Waals surface area contributed by atoms with Crippen LogP contribution in [0.15, 0.2) is 17.0 Å². The van der Waals surface area contributed by atoms with Crippen molar-refractivity contribution in [3.8, 4) is 0 Å². The van der Waals surface area contributed by atoms with Gasteiger partial charge in [0.2, 0.25) is 10.0 Å². The lowest BCUT2D eigenvalue weighted by Crippen LogP contribution is -2.39. The average Bonchev–Trinajstić information content (AvgIpc) is 2.73. The number of carbonyl (C=O) groups is 1. The summed E-state index contributed by atoms with van der Waals surface area (Å²) < 4.78 is 28.5. The van der Waals surface area contributed by atoms with Gasteiger partial charge in [0.05, 0.1) is 17.0 Å². The molecule has 21 heavy (non-hydrogen) atoms. The summed E-state index contributed by atoms with van der Waals surface area (Å²) in [6, 6.07) is 2.94. The molecule has 1 aliphatic heterocycles. The number of rotatable bonds is 3. The van der Waals surface area contributed by atoms with Crippen LogP contribution in [0.4, 0.5) is 0 Å². The highest BCUT2D eigenvalue weighted by atomic mass is 32.2. The minimum Gasteiger partial charge on any atom is -0.376 e. The monoisotopic (exact) mass is 312 g/mol. The number of amides is 1. The molecule has 1 heterocycles. The lowest BCUT2D eigenvalue weighted by atomic mass is 10.0. The molecule has 1 aromatic carbocycles. The van der Waals surface area contributed by atoms with E-state index in [1.54, 1.807) is 19.9 Å². The zero-order valence-electron chi connectivity index (χ0n) is 12.3. The highest BCUT2D eigenvalue weighted by Gasteiger charge is 2.27. The molecule has 0 spiro atoms. The molecule has 1 fully saturated rings. The number of carbonyl (C=O) groups excluding carboxylic acids is 1. The number of sulfonamides is 1. The minimum atomic E-state index is -3.85. The molecule has 2 atom stereocenters. The van der Waals surface area contributed by atoms with Gasteiger partial charge in [-0.2, -0.15) is 0 Å². The molecule has 6 nitrogen and oxygen atoms in total. The van der Waals surface area contributed by atoms with E-state index in [9.17, 15) is 13.2 Å². The van der Waals surface area contributed by atoms with Crippen LogP contribution in [0.25, 0.3) is 0 Å². The van der Waals surface area contributed by atoms with E-state index in [-0.39, 0.29) is 22.9 Å². The lowest BCUT2D eigenvalue weighted by molar-refractivity contribution is 0.0865. The van der Waals surface area contributed by atoms with Crippen molar-refractivity contribution in [3.63, 3.8) is 0 Å². The van der Waals surface area contributed by atoms with Crippen molar-refractivity contribution in [2.24, 2.45) is 5.14 Å². The molecule has 1 saturated heterocycles. The van der Waals surface area contributed by atoms with Gasteiger partial charge in [-0.05, 0) is 44.4 Å². The van der Waals surface area contributed by atoms with E-state index in [2.05, 4.69) is 5.32 Å². The van der Waals surface area contributed by atoms with Crippen molar-refractivity contribution < 1.29 is 17.9 Å². The van der Waals surface area contributed by atoms with Crippen LogP contribution >= 0.6 is 0 Å². The Morgan fingerprint density at radius 2 is 2.00 bits per heavy atom. The summed E-state index contributed by atoms with van der Waals surface area (Å²) in [7, 11) is -3.85. The summed E-state index contributed by atoms with van der Waals surface area (Å²) >= 11 is 0. The Labute approximate surface area is 124 Å². The summed E-state index contributed by atoms with van der Waals surface area (Å²) in [6.07, 6.45) is 0.706. The molecular weight excluding hydrogens is 292 g/mol. The Morgan fingerprint density at radius 3 is 2.52 bits per heavy atom. The molecule has 1 aliphatic rings. The largest absolute Gasteiger partial charge is 0.376 e. The molecule has 0 bridgehead atoms. The summed E-state index contributed by atoms with van der Waals surface area (Å²) in [5.41, 5.74) is 1.57. The summed E-state index contributed by atoms with van der Waals surface area (Å²) in [6.45, 7) is 5.93. The first kappa shape index (κ1) is 15.9. The first-order valence-electron chi connectivity index (χ1n) is 6.76. The van der Waals surface area contributed by atoms with E-state index < -0.39 is 10.0 Å². The van der Waals surface area contributed by atoms with E-state index in [0.29, 0.717) is 23.3 Å². The molecule has 0 saturated carbocycles. The van der Waals surface area contributed by atoms with Gasteiger partial charge in [-0.15, -0.1) is 0 Å². The molecule has 1 amide bonds. The zero-order chi connectivity index (χ0) is 15.8. The second-order valence-electron chi connectivity index (χ2n) is 5.42. The van der Waals surface area contributed by atoms with E-state index in [0.717, 1.165) is 6.42 Å². The normalized spacial score (nSPS) is 22.3. The van der Waals surface area contributed by atoms with Gasteiger partial charge in [0, 0.05) is 12.2 Å². The van der Waals surface area contributed by atoms with Gasteiger partial charge in [-0.3, -0.25) is 4.79 Å². The molecule has 3 N–H and O–H groups in total. The standard InChI is InChI=1S/C14H20N2O4S/c1-8-6-9(2)13(21(15,18)19)7-11(8)14(17)16-12-4-5-20-10(12)3/h6-7,10,12H,4-5H2,1-3H3,(H,16,17)(H2,15,18,19). The minimum absolute atomic E-state index is 0.0195. The van der Waals surface area contributed by atoms with Crippen molar-refractivity contribution in [3.05, 3.63) is 28.8 Å². The van der Waals surface area contributed by atoms with Crippen molar-refractivity contribution in [2.75, 3.05) is 6.61 Å². The third-order valence-electron chi connectivity index (χ3n) is 3.77. The Balaban J connectivity index is 2.33. The maximum atomic E-state index is 12.4. The second kappa shape index (κ2) is 5.75. The number of hydrogen-bond donors (Lipinski definition) is 2. The van der Waals surface area contributed by atoms with Crippen LogP contribution in [0.1, 0.15) is 34.8 Å². The maximum Gasteiger partial charge on any atom is 0.251 e. The Morgan fingerprint density at radius 1 is 1.33 bits per heavy atom. The van der Waals surface area contributed by atoms with Crippen molar-refractivity contribution in [1.82, 2.24) is 5.32 Å². The van der Waals surface area contributed by atoms with Crippen molar-refractivity contribution in [2.45, 2.75) is 44.2 Å². The predicted octanol–water partition coefficient (Wildman–Crippen LogP) is 0.858. The molecule has 0 aromatic heterocycles. The summed E-state index contributed by atoms with van der Waals surface area (Å²) in [4.78, 5) is 12.3. The molecule has 7 heteroatoms. The van der Waals surface area contributed by atoms with Crippen LogP contribution in [-0.4, -0.2) is 33.1 Å². The van der Waals surface area contributed by atoms with Crippen molar-refractivity contribution >= 4 is 15.9 Å². The summed E-state index contributed by atoms with van der Waals surface area (Å²) in [5.74, 6) is -0.306. The molecule has 2 rings (SSSR count). The predicted molar refractivity (Wildman–Crippen MR) is 78.6 cm³/mol. The highest BCUT2D eigenvalue weighted by molar-refractivity contribution is 7.89. The van der Waals surface area contributed by atoms with Crippen LogP contribution in [0.2, 0.25) is 0 Å². The average molecular weight is 312 g/mol. The third-order valence-corrected chi connectivity index (χ3v) is 4.82. The molecule has 0 radical (unpaired) electrons. The smallest absolute Gasteiger partial charge is 0.251 e. The molecule has 2 unspecified atom stereocenters. The van der Waals surface area contributed by atoms with Gasteiger partial charge in [-0.1, -0.05) is 6.07 Å². The fourth-order valence-electron chi connectivity index (χ4n) is 2.55. The lowest BCUT2D eigenvalue weighted by Gasteiger charge is -2.17. The molecule has 116 valence electrons. The quantitative estimate of drug-likeness (QED) is 0.864. The molecule has 0 aliphatic carbocycles. The van der Waals surface area contributed by atoms with E-state index in [1.165, 1.54) is 6.07 Å². The van der Waals surface area contributed by atoms with Gasteiger partial charge >= 0.3 is 0 Å². The number of nitrogens with two attached hydrogens (primary N) is 1. The van der Waals surface area contributed by atoms with Gasteiger partial charge in [-0.25, -0.2) is 13.6 Å². The maximum absolute atomic E-state index is 12.4. The van der Waals surface area contributed by atoms with E-state index in [4.69, 9.17) is 9.88 Å². The van der Waals surface area contributed by atoms with Gasteiger partial charge < -0.3 is 10.1 Å². The first-order chi connectivity index (χ1) is 9.70. The van der Waals surface area contributed by atoms with Crippen molar-refractivity contribution in [1.29, 1.82) is 0 Å². The number of primary sulfonamides is 1. The first-order valence-corrected chi connectivity index (χ1v) is 8.31. The highest BCUT2D eigenvalue weighted by Crippen LogP contribution is 2.20. The summed E-state index contributed by atoms with van der Waals surface area (Å²) in [5, 5.41) is 8.07. The molecule has 1 aromatic rings. The van der Waals surface area contributed by atoms with Crippen LogP contribution in [0.5, 0.6) is 0 Å². The van der Waals surface area contributed by atoms with Gasteiger partial charge in [0.1, 0.15) is 0 Å². The number of ether oxygens (including phenoxy) is 1. The second-order valence-corrected chi connectivity index (χ2v) is 6.95. The van der Waals surface area contributed by atoms with E-state index >= 15 is 0 Å². The number of aryl methyl sites for hydroxylation is 2. The molecular formula is C14H20N2O4S. The van der Waals surface area contributed by atoms with Crippen LogP contribution in [-0.2, 0) is 14.8 Å². The Hall–Kier alpha value is -1.44. The third kappa shape index (κ3) is 3.42. The van der Waals surface area contributed by atoms with E-state index in [1.807, 2.05) is 6.92 Å². The van der Waals surface area contributed by atoms with Gasteiger partial charge in [0.25, 0.3) is 5.91 Å². The number of nitrogens with one attached hydrogen (secondary N) is 1. The Bertz CT molecular complexity index is 670. The van der Waals surface area contributed by atoms with Gasteiger partial charge in [0.15, 0.2) is 0 Å². The topological polar surface area (TPSA) is 98.5 Å². The number of hydrogen-bond acceptors (Lipinski definition) is 4. The van der Waals surface area contributed by atoms with Crippen LogP contribution < -0.4 is 10.5 Å². The SMILES string of the molecule is Cc1cc(C)c(S(N)(=O)=O)cc1C(=O)NC1CCOC1C. The van der Waals surface area contributed by atoms with Crippen LogP contribution in [0.3, 0.4) is 0 Å². The zero-order valence-corrected chi connectivity index (χ0v) is 13.2. The fraction of sp³-hybridized carbons (Fsp3) is 0.500.